The number of aliphatic hydroxyl groups is 1. The van der Waals surface area contributed by atoms with E-state index in [9.17, 15) is 14.7 Å². The molecule has 0 aliphatic heterocycles. The molecule has 0 bridgehead atoms. The number of aliphatic hydroxyl groups excluding tert-OH is 1. The van der Waals surface area contributed by atoms with E-state index in [4.69, 9.17) is 15.4 Å². The zero-order valence-corrected chi connectivity index (χ0v) is 14.1. The summed E-state index contributed by atoms with van der Waals surface area (Å²) in [6, 6.07) is 4.56. The number of carbonyl (C=O) groups excluding carboxylic acids is 1. The van der Waals surface area contributed by atoms with Gasteiger partial charge in [-0.15, -0.1) is 0 Å². The Labute approximate surface area is 145 Å². The monoisotopic (exact) mass is 350 g/mol. The van der Waals surface area contributed by atoms with E-state index in [0.717, 1.165) is 0 Å². The molecule has 136 valence electrons. The first kappa shape index (κ1) is 20.3. The summed E-state index contributed by atoms with van der Waals surface area (Å²) >= 11 is 0. The van der Waals surface area contributed by atoms with Crippen molar-refractivity contribution >= 4 is 11.9 Å². The lowest BCUT2D eigenvalue weighted by Gasteiger charge is -2.19. The van der Waals surface area contributed by atoms with Crippen LogP contribution in [0.1, 0.15) is 19.4 Å². The number of rotatable bonds is 10. The fraction of sp³-hybridized carbons (Fsp3) is 0.500. The molecule has 9 heteroatoms. The van der Waals surface area contributed by atoms with E-state index in [1.54, 1.807) is 38.1 Å². The van der Waals surface area contributed by atoms with Crippen LogP contribution in [0.15, 0.2) is 29.4 Å². The lowest BCUT2D eigenvalue weighted by molar-refractivity contribution is -0.142. The second-order valence-electron chi connectivity index (χ2n) is 5.71. The lowest BCUT2D eigenvalue weighted by Crippen LogP contribution is -2.47. The van der Waals surface area contributed by atoms with Gasteiger partial charge in [0.15, 0.2) is 0 Å². The highest BCUT2D eigenvalue weighted by atomic mass is 16.5. The molecule has 0 unspecified atom stereocenters. The van der Waals surface area contributed by atoms with E-state index < -0.39 is 24.0 Å². The standard InChI is InChI=1S/C16H22N4O5/c1-10(2)14(19-20-17)15(22)18-13(16(23)24)9-11-3-5-12(6-4-11)25-8-7-21/h3-6,10,13-14,21H,7-9H2,1-2H3,(H,18,22)(H,23,24)/t13-,14-/m0/s1. The molecule has 0 aromatic heterocycles. The maximum atomic E-state index is 12.2. The van der Waals surface area contributed by atoms with Crippen LogP contribution in [0.3, 0.4) is 0 Å². The highest BCUT2D eigenvalue weighted by molar-refractivity contribution is 5.87. The van der Waals surface area contributed by atoms with E-state index in [2.05, 4.69) is 15.3 Å². The first-order valence-corrected chi connectivity index (χ1v) is 7.79. The molecule has 0 saturated heterocycles. The van der Waals surface area contributed by atoms with Gasteiger partial charge in [-0.2, -0.15) is 0 Å². The smallest absolute Gasteiger partial charge is 0.326 e. The second-order valence-corrected chi connectivity index (χ2v) is 5.71. The molecule has 9 nitrogen and oxygen atoms in total. The summed E-state index contributed by atoms with van der Waals surface area (Å²) in [7, 11) is 0. The van der Waals surface area contributed by atoms with Crippen LogP contribution in [0.4, 0.5) is 0 Å². The number of hydrogen-bond donors (Lipinski definition) is 3. The normalized spacial score (nSPS) is 12.8. The van der Waals surface area contributed by atoms with Crippen LogP contribution in [0, 0.1) is 5.92 Å². The third kappa shape index (κ3) is 6.70. The van der Waals surface area contributed by atoms with E-state index in [0.29, 0.717) is 11.3 Å². The third-order valence-corrected chi connectivity index (χ3v) is 3.41. The van der Waals surface area contributed by atoms with Crippen LogP contribution in [-0.2, 0) is 16.0 Å². The zero-order chi connectivity index (χ0) is 18.8. The van der Waals surface area contributed by atoms with Gasteiger partial charge in [-0.05, 0) is 29.1 Å². The van der Waals surface area contributed by atoms with Crippen molar-refractivity contribution in [2.75, 3.05) is 13.2 Å². The first-order chi connectivity index (χ1) is 11.9. The van der Waals surface area contributed by atoms with Crippen molar-refractivity contribution in [3.8, 4) is 5.75 Å². The van der Waals surface area contributed by atoms with E-state index >= 15 is 0 Å². The molecule has 0 spiro atoms. The van der Waals surface area contributed by atoms with Crippen molar-refractivity contribution in [2.45, 2.75) is 32.4 Å². The van der Waals surface area contributed by atoms with Crippen LogP contribution >= 0.6 is 0 Å². The van der Waals surface area contributed by atoms with Crippen molar-refractivity contribution in [3.63, 3.8) is 0 Å². The van der Waals surface area contributed by atoms with Gasteiger partial charge in [0.05, 0.1) is 6.61 Å². The van der Waals surface area contributed by atoms with Crippen LogP contribution in [0.5, 0.6) is 5.75 Å². The number of carboxylic acid groups (broad SMARTS) is 1. The van der Waals surface area contributed by atoms with Gasteiger partial charge in [-0.3, -0.25) is 4.79 Å². The van der Waals surface area contributed by atoms with Crippen molar-refractivity contribution in [2.24, 2.45) is 11.0 Å². The van der Waals surface area contributed by atoms with Gasteiger partial charge in [0.2, 0.25) is 5.91 Å². The summed E-state index contributed by atoms with van der Waals surface area (Å²) in [5.74, 6) is -1.51. The molecule has 0 saturated carbocycles. The third-order valence-electron chi connectivity index (χ3n) is 3.41. The number of nitrogens with zero attached hydrogens (tertiary/aromatic N) is 3. The SMILES string of the molecule is CC(C)[C@H](N=[N+]=[N-])C(=O)N[C@@H](Cc1ccc(OCCO)cc1)C(=O)O. The second kappa shape index (κ2) is 10.2. The first-order valence-electron chi connectivity index (χ1n) is 7.79. The molecule has 3 N–H and O–H groups in total. The number of carboxylic acids is 1. The predicted molar refractivity (Wildman–Crippen MR) is 90.1 cm³/mol. The fourth-order valence-corrected chi connectivity index (χ4v) is 2.12. The zero-order valence-electron chi connectivity index (χ0n) is 14.1. The van der Waals surface area contributed by atoms with Gasteiger partial charge in [0.25, 0.3) is 0 Å². The van der Waals surface area contributed by atoms with Gasteiger partial charge >= 0.3 is 5.97 Å². The summed E-state index contributed by atoms with van der Waals surface area (Å²) < 4.78 is 5.23. The minimum atomic E-state index is -1.18. The molecule has 0 fully saturated rings. The van der Waals surface area contributed by atoms with Crippen LogP contribution in [0.2, 0.25) is 0 Å². The average molecular weight is 350 g/mol. The maximum absolute atomic E-state index is 12.2. The minimum Gasteiger partial charge on any atom is -0.491 e. The van der Waals surface area contributed by atoms with Gasteiger partial charge < -0.3 is 20.3 Å². The number of aliphatic carboxylic acids is 1. The van der Waals surface area contributed by atoms with Crippen LogP contribution in [-0.4, -0.2) is 47.4 Å². The molecule has 2 atom stereocenters. The molecular formula is C16H22N4O5. The van der Waals surface area contributed by atoms with Crippen molar-refractivity contribution in [3.05, 3.63) is 40.3 Å². The molecule has 1 aromatic carbocycles. The Morgan fingerprint density at radius 3 is 2.44 bits per heavy atom. The highest BCUT2D eigenvalue weighted by Crippen LogP contribution is 2.14. The molecule has 1 amide bonds. The van der Waals surface area contributed by atoms with Gasteiger partial charge in [-0.1, -0.05) is 31.1 Å². The average Bonchev–Trinajstić information content (AvgIpc) is 2.57. The molecular weight excluding hydrogens is 328 g/mol. The Morgan fingerprint density at radius 2 is 1.96 bits per heavy atom. The Balaban J connectivity index is 2.78. The van der Waals surface area contributed by atoms with Crippen molar-refractivity contribution in [1.29, 1.82) is 0 Å². The number of benzene rings is 1. The number of nitrogens with one attached hydrogen (secondary N) is 1. The summed E-state index contributed by atoms with van der Waals surface area (Å²) in [5, 5.41) is 23.9. The Kier molecular flexibility index (Phi) is 8.25. The lowest BCUT2D eigenvalue weighted by atomic mass is 10.0. The van der Waals surface area contributed by atoms with E-state index in [1.165, 1.54) is 0 Å². The largest absolute Gasteiger partial charge is 0.491 e. The Bertz CT molecular complexity index is 626. The molecule has 0 aliphatic carbocycles. The van der Waals surface area contributed by atoms with E-state index in [1.807, 2.05) is 0 Å². The fourth-order valence-electron chi connectivity index (χ4n) is 2.12. The Hall–Kier alpha value is -2.77. The van der Waals surface area contributed by atoms with Crippen molar-refractivity contribution in [1.82, 2.24) is 5.32 Å². The highest BCUT2D eigenvalue weighted by Gasteiger charge is 2.26. The maximum Gasteiger partial charge on any atom is 0.326 e. The summed E-state index contributed by atoms with van der Waals surface area (Å²) in [6.45, 7) is 3.49. The van der Waals surface area contributed by atoms with Crippen LogP contribution in [0.25, 0.3) is 10.4 Å². The van der Waals surface area contributed by atoms with Crippen molar-refractivity contribution < 1.29 is 24.5 Å². The van der Waals surface area contributed by atoms with Gasteiger partial charge in [-0.25, -0.2) is 4.79 Å². The summed E-state index contributed by atoms with van der Waals surface area (Å²) in [5.41, 5.74) is 9.22. The molecule has 25 heavy (non-hydrogen) atoms. The van der Waals surface area contributed by atoms with Gasteiger partial charge in [0.1, 0.15) is 24.4 Å². The number of azide groups is 1. The quantitative estimate of drug-likeness (QED) is 0.333. The molecule has 0 radical (unpaired) electrons. The van der Waals surface area contributed by atoms with E-state index in [-0.39, 0.29) is 25.6 Å². The minimum absolute atomic E-state index is 0.0719. The van der Waals surface area contributed by atoms with Crippen LogP contribution < -0.4 is 10.1 Å². The topological polar surface area (TPSA) is 145 Å². The number of ether oxygens (including phenoxy) is 1. The summed E-state index contributed by atoms with van der Waals surface area (Å²) in [6.07, 6.45) is 0.0719. The number of hydrogen-bond acceptors (Lipinski definition) is 5. The molecule has 1 aromatic rings. The molecule has 0 heterocycles. The van der Waals surface area contributed by atoms with Gasteiger partial charge in [0, 0.05) is 11.3 Å². The Morgan fingerprint density at radius 1 is 1.32 bits per heavy atom. The number of carbonyl (C=O) groups is 2. The molecule has 1 rings (SSSR count). The number of amides is 1. The summed E-state index contributed by atoms with van der Waals surface area (Å²) in [4.78, 5) is 26.2. The molecule has 0 aliphatic rings. The predicted octanol–water partition coefficient (Wildman–Crippen LogP) is 1.50.